The molecular weight excluding hydrogens is 308 g/mol. The molecule has 1 saturated heterocycles. The zero-order valence-electron chi connectivity index (χ0n) is 11.7. The molecule has 1 unspecified atom stereocenters. The molecule has 1 aliphatic rings. The number of hydrogen-bond acceptors (Lipinski definition) is 4. The van der Waals surface area contributed by atoms with Crippen LogP contribution in [0.3, 0.4) is 0 Å². The molecule has 2 heterocycles. The van der Waals surface area contributed by atoms with Crippen LogP contribution in [0.1, 0.15) is 20.8 Å². The van der Waals surface area contributed by atoms with Crippen LogP contribution >= 0.6 is 15.9 Å². The molecule has 6 heteroatoms. The van der Waals surface area contributed by atoms with Gasteiger partial charge in [-0.25, -0.2) is 4.68 Å². The number of hydrogen-bond donors (Lipinski definition) is 1. The summed E-state index contributed by atoms with van der Waals surface area (Å²) in [6, 6.07) is 0.429. The maximum atomic E-state index is 12.3. The van der Waals surface area contributed by atoms with E-state index in [1.807, 2.05) is 0 Å². The van der Waals surface area contributed by atoms with Crippen molar-refractivity contribution < 1.29 is 0 Å². The van der Waals surface area contributed by atoms with Gasteiger partial charge in [0.05, 0.1) is 11.9 Å². The molecule has 19 heavy (non-hydrogen) atoms. The summed E-state index contributed by atoms with van der Waals surface area (Å²) in [5, 5.41) is 7.68. The first kappa shape index (κ1) is 14.5. The zero-order chi connectivity index (χ0) is 14.0. The fourth-order valence-electron chi connectivity index (χ4n) is 2.30. The van der Waals surface area contributed by atoms with Gasteiger partial charge in [0.1, 0.15) is 4.47 Å². The Morgan fingerprint density at radius 1 is 1.58 bits per heavy atom. The van der Waals surface area contributed by atoms with Crippen LogP contribution in [-0.4, -0.2) is 35.5 Å². The van der Waals surface area contributed by atoms with E-state index in [1.54, 1.807) is 6.20 Å². The van der Waals surface area contributed by atoms with Crippen molar-refractivity contribution in [3.05, 3.63) is 21.0 Å². The molecule has 1 atom stereocenters. The van der Waals surface area contributed by atoms with E-state index in [4.69, 9.17) is 0 Å². The normalized spacial score (nSPS) is 20.1. The minimum Gasteiger partial charge on any atom is -0.366 e. The Kier molecular flexibility index (Phi) is 4.62. The number of nitrogens with zero attached hydrogens (tertiary/aromatic N) is 3. The summed E-state index contributed by atoms with van der Waals surface area (Å²) in [5.41, 5.74) is 0.857. The smallest absolute Gasteiger partial charge is 0.283 e. The van der Waals surface area contributed by atoms with E-state index in [0.29, 0.717) is 23.0 Å². The molecule has 0 radical (unpaired) electrons. The van der Waals surface area contributed by atoms with Crippen molar-refractivity contribution >= 4 is 21.6 Å². The van der Waals surface area contributed by atoms with Gasteiger partial charge in [-0.15, -0.1) is 0 Å². The zero-order valence-corrected chi connectivity index (χ0v) is 13.3. The minimum absolute atomic E-state index is 0.0441. The Bertz CT molecular complexity index is 500. The van der Waals surface area contributed by atoms with Crippen molar-refractivity contribution in [3.8, 4) is 0 Å². The first-order valence-electron chi connectivity index (χ1n) is 6.73. The van der Waals surface area contributed by atoms with Gasteiger partial charge in [0.25, 0.3) is 5.56 Å². The van der Waals surface area contributed by atoms with Crippen molar-refractivity contribution in [1.82, 2.24) is 15.1 Å². The van der Waals surface area contributed by atoms with Crippen molar-refractivity contribution in [2.45, 2.75) is 33.4 Å². The lowest BCUT2D eigenvalue weighted by Gasteiger charge is -2.33. The predicted octanol–water partition coefficient (Wildman–Crippen LogP) is 1.46. The van der Waals surface area contributed by atoms with Crippen molar-refractivity contribution in [2.24, 2.45) is 5.92 Å². The molecule has 0 aromatic carbocycles. The molecular formula is C13H21BrN4O. The lowest BCUT2D eigenvalue weighted by atomic mass is 10.2. The van der Waals surface area contributed by atoms with Gasteiger partial charge in [-0.2, -0.15) is 5.10 Å². The van der Waals surface area contributed by atoms with Gasteiger partial charge in [0, 0.05) is 32.2 Å². The fourth-order valence-corrected chi connectivity index (χ4v) is 2.86. The molecule has 1 aromatic rings. The first-order valence-corrected chi connectivity index (χ1v) is 7.52. The number of aromatic nitrogens is 2. The number of nitrogens with one attached hydrogen (secondary N) is 1. The highest BCUT2D eigenvalue weighted by Gasteiger charge is 2.20. The molecule has 1 aliphatic heterocycles. The third kappa shape index (κ3) is 3.36. The Balaban J connectivity index is 2.28. The van der Waals surface area contributed by atoms with E-state index in [0.717, 1.165) is 25.3 Å². The van der Waals surface area contributed by atoms with Crippen LogP contribution in [-0.2, 0) is 6.54 Å². The lowest BCUT2D eigenvalue weighted by molar-refractivity contribution is 0.457. The van der Waals surface area contributed by atoms with Crippen molar-refractivity contribution in [3.63, 3.8) is 0 Å². The SMILES string of the molecule is CC(C)Cn1ncc(N2CCNC(C)C2)c(Br)c1=O. The van der Waals surface area contributed by atoms with Gasteiger partial charge in [-0.1, -0.05) is 13.8 Å². The van der Waals surface area contributed by atoms with E-state index in [9.17, 15) is 4.79 Å². The summed E-state index contributed by atoms with van der Waals surface area (Å²) in [6.07, 6.45) is 1.80. The summed E-state index contributed by atoms with van der Waals surface area (Å²) >= 11 is 3.44. The second-order valence-electron chi connectivity index (χ2n) is 5.53. The van der Waals surface area contributed by atoms with E-state index >= 15 is 0 Å². The predicted molar refractivity (Wildman–Crippen MR) is 80.7 cm³/mol. The molecule has 1 fully saturated rings. The summed E-state index contributed by atoms with van der Waals surface area (Å²) < 4.78 is 2.15. The van der Waals surface area contributed by atoms with Crippen LogP contribution in [0, 0.1) is 5.92 Å². The van der Waals surface area contributed by atoms with Crippen LogP contribution in [0.15, 0.2) is 15.5 Å². The molecule has 0 aliphatic carbocycles. The van der Waals surface area contributed by atoms with E-state index < -0.39 is 0 Å². The van der Waals surface area contributed by atoms with Gasteiger partial charge in [-0.3, -0.25) is 4.79 Å². The molecule has 0 saturated carbocycles. The summed E-state index contributed by atoms with van der Waals surface area (Å²) in [7, 11) is 0. The van der Waals surface area contributed by atoms with Gasteiger partial charge >= 0.3 is 0 Å². The van der Waals surface area contributed by atoms with Crippen LogP contribution in [0.5, 0.6) is 0 Å². The van der Waals surface area contributed by atoms with E-state index in [1.165, 1.54) is 4.68 Å². The second kappa shape index (κ2) is 6.05. The Hall–Kier alpha value is -0.880. The highest BCUT2D eigenvalue weighted by atomic mass is 79.9. The fraction of sp³-hybridized carbons (Fsp3) is 0.692. The average molecular weight is 329 g/mol. The second-order valence-corrected chi connectivity index (χ2v) is 6.32. The van der Waals surface area contributed by atoms with Crippen LogP contribution in [0.25, 0.3) is 0 Å². The largest absolute Gasteiger partial charge is 0.366 e. The maximum Gasteiger partial charge on any atom is 0.283 e. The lowest BCUT2D eigenvalue weighted by Crippen LogP contribution is -2.49. The summed E-state index contributed by atoms with van der Waals surface area (Å²) in [6.45, 7) is 9.68. The summed E-state index contributed by atoms with van der Waals surface area (Å²) in [4.78, 5) is 14.5. The average Bonchev–Trinajstić information content (AvgIpc) is 2.35. The van der Waals surface area contributed by atoms with Crippen LogP contribution in [0.4, 0.5) is 5.69 Å². The molecule has 2 rings (SSSR count). The van der Waals surface area contributed by atoms with E-state index in [2.05, 4.69) is 52.0 Å². The Morgan fingerprint density at radius 3 is 2.95 bits per heavy atom. The monoisotopic (exact) mass is 328 g/mol. The Labute approximate surface area is 122 Å². The van der Waals surface area contributed by atoms with Crippen LogP contribution < -0.4 is 15.8 Å². The van der Waals surface area contributed by atoms with Gasteiger partial charge < -0.3 is 10.2 Å². The first-order chi connectivity index (χ1) is 8.99. The number of anilines is 1. The third-order valence-corrected chi connectivity index (χ3v) is 3.96. The highest BCUT2D eigenvalue weighted by Crippen LogP contribution is 2.22. The number of halogens is 1. The van der Waals surface area contributed by atoms with Gasteiger partial charge in [0.2, 0.25) is 0 Å². The van der Waals surface area contributed by atoms with Crippen LogP contribution in [0.2, 0.25) is 0 Å². The van der Waals surface area contributed by atoms with Gasteiger partial charge in [-0.05, 0) is 28.8 Å². The topological polar surface area (TPSA) is 50.2 Å². The number of piperazine rings is 1. The molecule has 0 spiro atoms. The standard InChI is InChI=1S/C13H21BrN4O/c1-9(2)7-18-13(19)12(14)11(6-16-18)17-5-4-15-10(3)8-17/h6,9-10,15H,4-5,7-8H2,1-3H3. The van der Waals surface area contributed by atoms with Crippen molar-refractivity contribution in [2.75, 3.05) is 24.5 Å². The molecule has 106 valence electrons. The molecule has 0 bridgehead atoms. The number of rotatable bonds is 3. The Morgan fingerprint density at radius 2 is 2.32 bits per heavy atom. The van der Waals surface area contributed by atoms with Gasteiger partial charge in [0.15, 0.2) is 0 Å². The minimum atomic E-state index is -0.0441. The molecule has 0 amide bonds. The molecule has 5 nitrogen and oxygen atoms in total. The quantitative estimate of drug-likeness (QED) is 0.912. The van der Waals surface area contributed by atoms with E-state index in [-0.39, 0.29) is 5.56 Å². The molecule has 1 aromatic heterocycles. The molecule has 1 N–H and O–H groups in total. The third-order valence-electron chi connectivity index (χ3n) is 3.21. The highest BCUT2D eigenvalue weighted by molar-refractivity contribution is 9.10. The maximum absolute atomic E-state index is 12.3. The summed E-state index contributed by atoms with van der Waals surface area (Å²) in [5.74, 6) is 0.405. The van der Waals surface area contributed by atoms with Crippen molar-refractivity contribution in [1.29, 1.82) is 0 Å².